The predicted octanol–water partition coefficient (Wildman–Crippen LogP) is -0.0967. The number of aromatic nitrogens is 1. The number of anilines is 1. The molecule has 0 spiro atoms. The van der Waals surface area contributed by atoms with Gasteiger partial charge in [-0.2, -0.15) is 0 Å². The number of nitrogens with two attached hydrogens (primary N) is 1. The molecule has 1 aromatic rings. The summed E-state index contributed by atoms with van der Waals surface area (Å²) in [7, 11) is 1.41. The molecule has 36 valence electrons. The molecule has 0 atom stereocenters. The molecule has 0 saturated carbocycles. The Kier molecular flexibility index (Phi) is 0.853. The average Bonchev–Trinajstić information content (AvgIpc) is 1.87. The van der Waals surface area contributed by atoms with Crippen LogP contribution in [0.2, 0.25) is 0 Å². The van der Waals surface area contributed by atoms with E-state index in [1.807, 2.05) is 0 Å². The van der Waals surface area contributed by atoms with Gasteiger partial charge in [0, 0.05) is 0 Å². The molecule has 0 aliphatic rings. The number of hydrogen-bond acceptors (Lipinski definition) is 3. The Labute approximate surface area is 41.8 Å². The zero-order valence-electron chi connectivity index (χ0n) is 4.01. The van der Waals surface area contributed by atoms with E-state index in [-0.39, 0.29) is 0 Å². The summed E-state index contributed by atoms with van der Waals surface area (Å²) in [6.45, 7) is 1.75. The summed E-state index contributed by atoms with van der Waals surface area (Å²) in [6, 6.07) is 0. The van der Waals surface area contributed by atoms with E-state index in [4.69, 9.17) is 10.1 Å². The summed E-state index contributed by atoms with van der Waals surface area (Å²) in [6.07, 6.45) is 0. The van der Waals surface area contributed by atoms with Crippen molar-refractivity contribution in [2.45, 2.75) is 6.92 Å². The molecule has 0 amide bonds. The van der Waals surface area contributed by atoms with Gasteiger partial charge >= 0.3 is 40.7 Å². The Hall–Kier alpha value is -0.795. The number of hydrogen-bond donors (Lipinski definition) is 1. The molecule has 0 aromatic carbocycles. The third-order valence-electron chi connectivity index (χ3n) is 0.637. The molecule has 1 rings (SSSR count). The second kappa shape index (κ2) is 1.37. The second-order valence-electron chi connectivity index (χ2n) is 1.29. The van der Waals surface area contributed by atoms with Crippen molar-refractivity contribution in [1.29, 1.82) is 0 Å². The summed E-state index contributed by atoms with van der Waals surface area (Å²) in [4.78, 5) is 3.72. The van der Waals surface area contributed by atoms with Crippen LogP contribution in [0, 0.1) is 6.92 Å². The Morgan fingerprint density at radius 3 is 2.71 bits per heavy atom. The first kappa shape index (κ1) is 4.37. The molecule has 1 aromatic heterocycles. The van der Waals surface area contributed by atoms with Crippen molar-refractivity contribution in [3.05, 3.63) is 5.89 Å². The Balaban J connectivity index is 3.04. The standard InChI is InChI=1S/C3H5BN2O/c1-2-6-3(5)4-7-2/h5H2,1H3. The molecule has 0 radical (unpaired) electrons. The monoisotopic (exact) mass is 96.0 g/mol. The number of nitrogens with zero attached hydrogens (tertiary/aromatic N) is 1. The van der Waals surface area contributed by atoms with Gasteiger partial charge in [0.05, 0.1) is 0 Å². The number of nitrogen functional groups attached to an aromatic ring is 1. The molecular formula is C3H5BN2O. The van der Waals surface area contributed by atoms with E-state index in [1.54, 1.807) is 6.92 Å². The van der Waals surface area contributed by atoms with E-state index in [0.717, 1.165) is 0 Å². The predicted molar refractivity (Wildman–Crippen MR) is 27.0 cm³/mol. The molecule has 7 heavy (non-hydrogen) atoms. The van der Waals surface area contributed by atoms with Crippen molar-refractivity contribution in [1.82, 2.24) is 4.98 Å². The van der Waals surface area contributed by atoms with Crippen LogP contribution in [0.1, 0.15) is 5.89 Å². The third-order valence-corrected chi connectivity index (χ3v) is 0.637. The topological polar surface area (TPSA) is 52.0 Å². The quantitative estimate of drug-likeness (QED) is 0.490. The maximum atomic E-state index is 5.17. The minimum atomic E-state index is 0.442. The summed E-state index contributed by atoms with van der Waals surface area (Å²) in [5, 5.41) is 0. The number of aryl methyl sites for hydroxylation is 1. The molecular weight excluding hydrogens is 90.9 g/mol. The van der Waals surface area contributed by atoms with Crippen molar-refractivity contribution in [2.24, 2.45) is 0 Å². The first-order chi connectivity index (χ1) is 3.29. The van der Waals surface area contributed by atoms with E-state index < -0.39 is 0 Å². The Morgan fingerprint density at radius 1 is 1.86 bits per heavy atom. The molecule has 4 heteroatoms. The zero-order chi connectivity index (χ0) is 5.28. The third kappa shape index (κ3) is 0.794. The van der Waals surface area contributed by atoms with Gasteiger partial charge in [0.2, 0.25) is 0 Å². The molecule has 0 fully saturated rings. The number of rotatable bonds is 0. The van der Waals surface area contributed by atoms with E-state index >= 15 is 0 Å². The van der Waals surface area contributed by atoms with Crippen LogP contribution in [0.15, 0.2) is 4.33 Å². The van der Waals surface area contributed by atoms with Gasteiger partial charge in [-0.3, -0.25) is 0 Å². The fourth-order valence-electron chi connectivity index (χ4n) is 0.380. The van der Waals surface area contributed by atoms with Crippen molar-refractivity contribution >= 4 is 12.8 Å². The first-order valence-corrected chi connectivity index (χ1v) is 1.96. The van der Waals surface area contributed by atoms with Gasteiger partial charge in [0.25, 0.3) is 0 Å². The van der Waals surface area contributed by atoms with Crippen LogP contribution in [0.5, 0.6) is 0 Å². The van der Waals surface area contributed by atoms with Crippen LogP contribution in [0.3, 0.4) is 0 Å². The molecule has 3 nitrogen and oxygen atoms in total. The van der Waals surface area contributed by atoms with E-state index in [1.165, 1.54) is 7.13 Å². The molecule has 0 saturated heterocycles. The fraction of sp³-hybridized carbons (Fsp3) is 0.333. The van der Waals surface area contributed by atoms with E-state index in [9.17, 15) is 0 Å². The summed E-state index contributed by atoms with van der Waals surface area (Å²) in [5.41, 5.74) is 5.62. The van der Waals surface area contributed by atoms with Crippen molar-refractivity contribution in [3.63, 3.8) is 0 Å². The van der Waals surface area contributed by atoms with Gasteiger partial charge in [-0.25, -0.2) is 0 Å². The van der Waals surface area contributed by atoms with Gasteiger partial charge in [0.1, 0.15) is 0 Å². The van der Waals surface area contributed by atoms with Crippen LogP contribution >= 0.6 is 0 Å². The van der Waals surface area contributed by atoms with Crippen LogP contribution < -0.4 is 5.73 Å². The van der Waals surface area contributed by atoms with Gasteiger partial charge < -0.3 is 0 Å². The normalized spacial score (nSPS) is 8.71. The molecule has 2 N–H and O–H groups in total. The van der Waals surface area contributed by atoms with Gasteiger partial charge in [-0.15, -0.1) is 0 Å². The summed E-state index contributed by atoms with van der Waals surface area (Å²) >= 11 is 0. The van der Waals surface area contributed by atoms with Gasteiger partial charge in [0.15, 0.2) is 0 Å². The minimum absolute atomic E-state index is 0.442. The van der Waals surface area contributed by atoms with Crippen LogP contribution in [0.4, 0.5) is 5.71 Å². The van der Waals surface area contributed by atoms with Crippen LogP contribution in [-0.4, -0.2) is 12.1 Å². The summed E-state index contributed by atoms with van der Waals surface area (Å²) in [5.74, 6) is 0.609. The van der Waals surface area contributed by atoms with Crippen LogP contribution in [-0.2, 0) is 0 Å². The zero-order valence-corrected chi connectivity index (χ0v) is 4.01. The van der Waals surface area contributed by atoms with Crippen LogP contribution in [0.25, 0.3) is 0 Å². The average molecular weight is 95.9 g/mol. The maximum absolute atomic E-state index is 5.17. The van der Waals surface area contributed by atoms with Crippen molar-refractivity contribution < 1.29 is 4.33 Å². The van der Waals surface area contributed by atoms with Gasteiger partial charge in [-0.05, 0) is 0 Å². The summed E-state index contributed by atoms with van der Waals surface area (Å²) < 4.78 is 4.73. The Bertz CT molecular complexity index is 145. The molecule has 0 unspecified atom stereocenters. The van der Waals surface area contributed by atoms with Crippen molar-refractivity contribution in [3.8, 4) is 0 Å². The second-order valence-corrected chi connectivity index (χ2v) is 1.29. The van der Waals surface area contributed by atoms with Crippen molar-refractivity contribution in [2.75, 3.05) is 5.73 Å². The first-order valence-electron chi connectivity index (χ1n) is 1.96. The SMILES string of the molecule is Cc1nc(N)bo1. The molecule has 0 bridgehead atoms. The molecule has 1 heterocycles. The Morgan fingerprint density at radius 2 is 2.57 bits per heavy atom. The van der Waals surface area contributed by atoms with Gasteiger partial charge in [-0.1, -0.05) is 0 Å². The van der Waals surface area contributed by atoms with E-state index in [0.29, 0.717) is 11.6 Å². The van der Waals surface area contributed by atoms with E-state index in [2.05, 4.69) is 4.98 Å². The fourth-order valence-corrected chi connectivity index (χ4v) is 0.380. The molecule has 0 aliphatic heterocycles. The molecule has 0 aliphatic carbocycles.